The maximum absolute atomic E-state index is 9.11. The van der Waals surface area contributed by atoms with Gasteiger partial charge in [-0.1, -0.05) is 0 Å². The smallest absolute Gasteiger partial charge is 0.254 e. The molecule has 3 aromatic heterocycles. The summed E-state index contributed by atoms with van der Waals surface area (Å²) in [5.74, 6) is 2.52. The largest absolute Gasteiger partial charge is 0.476 e. The Kier molecular flexibility index (Phi) is 4.35. The lowest BCUT2D eigenvalue weighted by Gasteiger charge is -2.33. The van der Waals surface area contributed by atoms with E-state index < -0.39 is 0 Å². The zero-order valence-electron chi connectivity index (χ0n) is 14.5. The third-order valence-corrected chi connectivity index (χ3v) is 4.65. The van der Waals surface area contributed by atoms with E-state index in [4.69, 9.17) is 10.00 Å². The summed E-state index contributed by atoms with van der Waals surface area (Å²) in [6.07, 6.45) is 5.19. The van der Waals surface area contributed by atoms with E-state index in [1.165, 1.54) is 6.33 Å². The number of nitriles is 1. The monoisotopic (exact) mass is 349 g/mol. The van der Waals surface area contributed by atoms with Crippen LogP contribution in [0, 0.1) is 24.2 Å². The fourth-order valence-electron chi connectivity index (χ4n) is 3.25. The van der Waals surface area contributed by atoms with Crippen LogP contribution >= 0.6 is 0 Å². The number of ether oxygens (including phenoxy) is 1. The highest BCUT2D eigenvalue weighted by Crippen LogP contribution is 2.25. The van der Waals surface area contributed by atoms with E-state index in [-0.39, 0.29) is 0 Å². The van der Waals surface area contributed by atoms with Crippen molar-refractivity contribution in [1.29, 1.82) is 5.26 Å². The number of hydrogen-bond donors (Lipinski definition) is 0. The quantitative estimate of drug-likeness (QED) is 0.711. The van der Waals surface area contributed by atoms with Crippen molar-refractivity contribution in [2.75, 3.05) is 24.6 Å². The molecule has 3 aromatic rings. The normalized spacial score (nSPS) is 15.2. The molecule has 0 atom stereocenters. The van der Waals surface area contributed by atoms with Gasteiger partial charge < -0.3 is 9.64 Å². The van der Waals surface area contributed by atoms with E-state index in [2.05, 4.69) is 31.0 Å². The first-order chi connectivity index (χ1) is 12.7. The first-order valence-corrected chi connectivity index (χ1v) is 8.65. The van der Waals surface area contributed by atoms with Gasteiger partial charge in [0.25, 0.3) is 5.78 Å². The standard InChI is InChI=1S/C18H19N7O/c1-13-9-16(25-18(23-13)21-12-22-25)24-7-4-14(5-8-24)11-26-17-15(10-19)3-2-6-20-17/h2-3,6,9,12,14H,4-5,7-8,11H2,1H3. The average molecular weight is 349 g/mol. The molecule has 1 aliphatic heterocycles. The second-order valence-electron chi connectivity index (χ2n) is 6.44. The van der Waals surface area contributed by atoms with Crippen molar-refractivity contribution in [3.8, 4) is 11.9 Å². The van der Waals surface area contributed by atoms with Gasteiger partial charge in [-0.25, -0.2) is 9.97 Å². The van der Waals surface area contributed by atoms with Gasteiger partial charge in [-0.05, 0) is 37.8 Å². The Morgan fingerprint density at radius 3 is 2.96 bits per heavy atom. The van der Waals surface area contributed by atoms with Crippen LogP contribution in [0.4, 0.5) is 5.82 Å². The molecule has 1 aliphatic rings. The van der Waals surface area contributed by atoms with Crippen LogP contribution in [-0.2, 0) is 0 Å². The Morgan fingerprint density at radius 2 is 2.15 bits per heavy atom. The molecule has 0 saturated carbocycles. The summed E-state index contributed by atoms with van der Waals surface area (Å²) in [7, 11) is 0. The highest BCUT2D eigenvalue weighted by atomic mass is 16.5. The van der Waals surface area contributed by atoms with Crippen LogP contribution < -0.4 is 9.64 Å². The Bertz CT molecular complexity index is 954. The van der Waals surface area contributed by atoms with Crippen molar-refractivity contribution in [3.05, 3.63) is 42.0 Å². The van der Waals surface area contributed by atoms with E-state index in [1.807, 2.05) is 13.0 Å². The van der Waals surface area contributed by atoms with Crippen molar-refractivity contribution >= 4 is 11.6 Å². The zero-order chi connectivity index (χ0) is 17.9. The molecule has 132 valence electrons. The highest BCUT2D eigenvalue weighted by molar-refractivity contribution is 5.47. The average Bonchev–Trinajstić information content (AvgIpc) is 3.14. The molecular weight excluding hydrogens is 330 g/mol. The SMILES string of the molecule is Cc1cc(N2CCC(COc3ncccc3C#N)CC2)n2ncnc2n1. The fourth-order valence-corrected chi connectivity index (χ4v) is 3.25. The number of rotatable bonds is 4. The predicted molar refractivity (Wildman–Crippen MR) is 94.9 cm³/mol. The topological polar surface area (TPSA) is 92.2 Å². The summed E-state index contributed by atoms with van der Waals surface area (Å²) >= 11 is 0. The van der Waals surface area contributed by atoms with E-state index in [0.717, 1.165) is 37.4 Å². The van der Waals surface area contributed by atoms with Gasteiger partial charge in [0.2, 0.25) is 5.88 Å². The molecule has 4 heterocycles. The van der Waals surface area contributed by atoms with Crippen molar-refractivity contribution in [3.63, 3.8) is 0 Å². The number of nitrogens with zero attached hydrogens (tertiary/aromatic N) is 7. The van der Waals surface area contributed by atoms with E-state index >= 15 is 0 Å². The number of fused-ring (bicyclic) bond motifs is 1. The molecule has 0 amide bonds. The summed E-state index contributed by atoms with van der Waals surface area (Å²) < 4.78 is 7.58. The molecule has 0 aliphatic carbocycles. The number of anilines is 1. The maximum atomic E-state index is 9.11. The van der Waals surface area contributed by atoms with Crippen LogP contribution in [0.2, 0.25) is 0 Å². The minimum Gasteiger partial charge on any atom is -0.476 e. The van der Waals surface area contributed by atoms with Gasteiger partial charge in [-0.2, -0.15) is 19.9 Å². The number of piperidine rings is 1. The van der Waals surface area contributed by atoms with Crippen LogP contribution in [0.3, 0.4) is 0 Å². The molecule has 4 rings (SSSR count). The van der Waals surface area contributed by atoms with Crippen molar-refractivity contribution < 1.29 is 4.74 Å². The lowest BCUT2D eigenvalue weighted by atomic mass is 9.98. The third-order valence-electron chi connectivity index (χ3n) is 4.65. The second kappa shape index (κ2) is 6.96. The molecule has 1 fully saturated rings. The molecule has 0 N–H and O–H groups in total. The summed E-state index contributed by atoms with van der Waals surface area (Å²) in [6, 6.07) is 7.63. The molecule has 8 nitrogen and oxygen atoms in total. The molecule has 8 heteroatoms. The molecule has 0 unspecified atom stereocenters. The van der Waals surface area contributed by atoms with Crippen molar-refractivity contribution in [2.24, 2.45) is 5.92 Å². The van der Waals surface area contributed by atoms with Crippen LogP contribution in [0.5, 0.6) is 5.88 Å². The third kappa shape index (κ3) is 3.16. The molecular formula is C18H19N7O. The van der Waals surface area contributed by atoms with E-state index in [0.29, 0.717) is 29.7 Å². The van der Waals surface area contributed by atoms with Gasteiger partial charge in [0.1, 0.15) is 23.8 Å². The number of aryl methyl sites for hydroxylation is 1. The lowest BCUT2D eigenvalue weighted by molar-refractivity contribution is 0.215. The second-order valence-corrected chi connectivity index (χ2v) is 6.44. The predicted octanol–water partition coefficient (Wildman–Crippen LogP) is 1.99. The summed E-state index contributed by atoms with van der Waals surface area (Å²) in [6.45, 7) is 4.38. The van der Waals surface area contributed by atoms with Gasteiger partial charge in [-0.15, -0.1) is 0 Å². The maximum Gasteiger partial charge on any atom is 0.254 e. The van der Waals surface area contributed by atoms with Gasteiger partial charge in [0.15, 0.2) is 0 Å². The molecule has 26 heavy (non-hydrogen) atoms. The first kappa shape index (κ1) is 16.3. The van der Waals surface area contributed by atoms with Crippen molar-refractivity contribution in [1.82, 2.24) is 24.6 Å². The molecule has 0 spiro atoms. The number of aromatic nitrogens is 5. The molecule has 0 bridgehead atoms. The summed E-state index contributed by atoms with van der Waals surface area (Å²) in [5.41, 5.74) is 1.41. The van der Waals surface area contributed by atoms with Crippen LogP contribution in [0.25, 0.3) is 5.78 Å². The fraction of sp³-hybridized carbons (Fsp3) is 0.389. The Morgan fingerprint density at radius 1 is 1.31 bits per heavy atom. The zero-order valence-corrected chi connectivity index (χ0v) is 14.5. The lowest BCUT2D eigenvalue weighted by Crippen LogP contribution is -2.36. The first-order valence-electron chi connectivity index (χ1n) is 8.65. The van der Waals surface area contributed by atoms with E-state index in [9.17, 15) is 0 Å². The molecule has 0 aromatic carbocycles. The number of pyridine rings is 1. The van der Waals surface area contributed by atoms with Gasteiger partial charge in [0, 0.05) is 31.0 Å². The van der Waals surface area contributed by atoms with Crippen LogP contribution in [0.15, 0.2) is 30.7 Å². The number of hydrogen-bond acceptors (Lipinski definition) is 7. The summed E-state index contributed by atoms with van der Waals surface area (Å²) in [4.78, 5) is 15.1. The van der Waals surface area contributed by atoms with Gasteiger partial charge >= 0.3 is 0 Å². The van der Waals surface area contributed by atoms with Crippen molar-refractivity contribution in [2.45, 2.75) is 19.8 Å². The van der Waals surface area contributed by atoms with Gasteiger partial charge in [0.05, 0.1) is 6.61 Å². The molecule has 1 saturated heterocycles. The Labute approximate surface area is 151 Å². The van der Waals surface area contributed by atoms with E-state index in [1.54, 1.807) is 22.8 Å². The minimum absolute atomic E-state index is 0.423. The minimum atomic E-state index is 0.423. The van der Waals surface area contributed by atoms with Gasteiger partial charge in [-0.3, -0.25) is 0 Å². The highest BCUT2D eigenvalue weighted by Gasteiger charge is 2.23. The molecule has 0 radical (unpaired) electrons. The van der Waals surface area contributed by atoms with Crippen LogP contribution in [-0.4, -0.2) is 44.3 Å². The Hall–Kier alpha value is -3.21. The van der Waals surface area contributed by atoms with Crippen LogP contribution in [0.1, 0.15) is 24.1 Å². The summed E-state index contributed by atoms with van der Waals surface area (Å²) in [5, 5.41) is 13.4. The Balaban J connectivity index is 1.40.